The molecule has 0 radical (unpaired) electrons. The van der Waals surface area contributed by atoms with Gasteiger partial charge < -0.3 is 4.74 Å². The Bertz CT molecular complexity index is 725. The lowest BCUT2D eigenvalue weighted by molar-refractivity contribution is -0.108. The van der Waals surface area contributed by atoms with Crippen molar-refractivity contribution in [2.75, 3.05) is 0 Å². The average molecular weight is 292 g/mol. The molecule has 2 aliphatic heterocycles. The molecule has 0 unspecified atom stereocenters. The monoisotopic (exact) mass is 292 g/mol. The number of ether oxygens (including phenoxy) is 1. The van der Waals surface area contributed by atoms with E-state index in [9.17, 15) is 0 Å². The first-order valence-corrected chi connectivity index (χ1v) is 7.91. The van der Waals surface area contributed by atoms with Crippen LogP contribution < -0.4 is 4.74 Å². The summed E-state index contributed by atoms with van der Waals surface area (Å²) in [4.78, 5) is 0. The van der Waals surface area contributed by atoms with Gasteiger partial charge in [-0.05, 0) is 18.6 Å². The first kappa shape index (κ1) is 13.4. The quantitative estimate of drug-likeness (QED) is 0.821. The molecule has 0 N–H and O–H groups in total. The Kier molecular flexibility index (Phi) is 2.96. The maximum atomic E-state index is 6.29. The van der Waals surface area contributed by atoms with Crippen LogP contribution in [0.15, 0.2) is 59.7 Å². The molecule has 0 amide bonds. The molecule has 2 aromatic carbocycles. The van der Waals surface area contributed by atoms with Crippen molar-refractivity contribution in [1.29, 1.82) is 0 Å². The molecular formula is C19H20N2O. The Morgan fingerprint density at radius 1 is 1.14 bits per heavy atom. The van der Waals surface area contributed by atoms with Crippen LogP contribution in [-0.4, -0.2) is 16.4 Å². The lowest BCUT2D eigenvalue weighted by Crippen LogP contribution is -2.50. The Hall–Kier alpha value is -2.29. The van der Waals surface area contributed by atoms with E-state index >= 15 is 0 Å². The van der Waals surface area contributed by atoms with Crippen LogP contribution in [-0.2, 0) is 0 Å². The Balaban J connectivity index is 1.79. The molecule has 0 saturated carbocycles. The predicted molar refractivity (Wildman–Crippen MR) is 87.9 cm³/mol. The van der Waals surface area contributed by atoms with E-state index in [1.165, 1.54) is 11.1 Å². The molecule has 4 rings (SSSR count). The first-order valence-electron chi connectivity index (χ1n) is 7.91. The van der Waals surface area contributed by atoms with Gasteiger partial charge in [-0.15, -0.1) is 0 Å². The number of benzene rings is 2. The minimum Gasteiger partial charge on any atom is -0.466 e. The van der Waals surface area contributed by atoms with Crippen molar-refractivity contribution in [1.82, 2.24) is 5.01 Å². The van der Waals surface area contributed by atoms with Crippen molar-refractivity contribution in [3.63, 3.8) is 0 Å². The van der Waals surface area contributed by atoms with Gasteiger partial charge >= 0.3 is 0 Å². The number of fused-ring (bicyclic) bond motifs is 3. The highest BCUT2D eigenvalue weighted by molar-refractivity contribution is 6.01. The Labute approximate surface area is 131 Å². The summed E-state index contributed by atoms with van der Waals surface area (Å²) in [6.07, 6.45) is 1.82. The maximum Gasteiger partial charge on any atom is 0.195 e. The van der Waals surface area contributed by atoms with Gasteiger partial charge in [0.15, 0.2) is 5.72 Å². The van der Waals surface area contributed by atoms with Gasteiger partial charge in [-0.25, -0.2) is 5.01 Å². The molecule has 0 aromatic heterocycles. The third kappa shape index (κ3) is 1.92. The third-order valence-corrected chi connectivity index (χ3v) is 4.77. The van der Waals surface area contributed by atoms with Crippen molar-refractivity contribution in [2.45, 2.75) is 38.5 Å². The van der Waals surface area contributed by atoms with Crippen LogP contribution in [0.5, 0.6) is 5.75 Å². The highest BCUT2D eigenvalue weighted by Gasteiger charge is 2.46. The molecular weight excluding hydrogens is 272 g/mol. The zero-order valence-electron chi connectivity index (χ0n) is 13.0. The fourth-order valence-electron chi connectivity index (χ4n) is 3.36. The smallest absolute Gasteiger partial charge is 0.195 e. The summed E-state index contributed by atoms with van der Waals surface area (Å²) in [5.74, 6) is 0.998. The lowest BCUT2D eigenvalue weighted by Gasteiger charge is -2.45. The van der Waals surface area contributed by atoms with Crippen molar-refractivity contribution in [3.05, 3.63) is 65.7 Å². The van der Waals surface area contributed by atoms with Crippen LogP contribution in [0.4, 0.5) is 0 Å². The van der Waals surface area contributed by atoms with Crippen molar-refractivity contribution < 1.29 is 4.74 Å². The summed E-state index contributed by atoms with van der Waals surface area (Å²) in [5.41, 5.74) is 3.21. The minimum atomic E-state index is -0.379. The van der Waals surface area contributed by atoms with Gasteiger partial charge in [0.2, 0.25) is 0 Å². The molecule has 2 aliphatic rings. The highest BCUT2D eigenvalue weighted by atomic mass is 16.5. The summed E-state index contributed by atoms with van der Waals surface area (Å²) in [6, 6.07) is 19.1. The van der Waals surface area contributed by atoms with Gasteiger partial charge in [-0.3, -0.25) is 0 Å². The zero-order valence-corrected chi connectivity index (χ0v) is 13.0. The van der Waals surface area contributed by atoms with Crippen LogP contribution in [0.1, 0.15) is 43.9 Å². The van der Waals surface area contributed by atoms with E-state index in [1.807, 2.05) is 12.1 Å². The van der Waals surface area contributed by atoms with E-state index in [2.05, 4.69) is 61.3 Å². The van der Waals surface area contributed by atoms with Crippen molar-refractivity contribution in [3.8, 4) is 5.75 Å². The number of rotatable bonds is 2. The summed E-state index contributed by atoms with van der Waals surface area (Å²) < 4.78 is 6.29. The normalized spacial score (nSPS) is 26.0. The van der Waals surface area contributed by atoms with Gasteiger partial charge in [0, 0.05) is 18.4 Å². The average Bonchev–Trinajstić information content (AvgIpc) is 3.02. The second-order valence-corrected chi connectivity index (χ2v) is 6.15. The molecule has 3 nitrogen and oxygen atoms in total. The Morgan fingerprint density at radius 3 is 2.64 bits per heavy atom. The standard InChI is InChI=1S/C19H20N2O/c1-3-19(2)21-17(15-11-7-8-12-18(15)22-19)13-16(20-21)14-9-5-4-6-10-14/h4-12,17H,3,13H2,1-2H3/t17-,19+/m0/s1. The summed E-state index contributed by atoms with van der Waals surface area (Å²) in [6.45, 7) is 4.29. The molecule has 0 saturated heterocycles. The van der Waals surface area contributed by atoms with E-state index in [0.717, 1.165) is 24.3 Å². The van der Waals surface area contributed by atoms with Crippen molar-refractivity contribution in [2.24, 2.45) is 5.10 Å². The molecule has 112 valence electrons. The second kappa shape index (κ2) is 4.87. The number of hydrogen-bond donors (Lipinski definition) is 0. The largest absolute Gasteiger partial charge is 0.466 e. The van der Waals surface area contributed by atoms with Crippen molar-refractivity contribution >= 4 is 5.71 Å². The molecule has 0 bridgehead atoms. The van der Waals surface area contributed by atoms with Gasteiger partial charge in [-0.1, -0.05) is 55.5 Å². The molecule has 0 fully saturated rings. The number of hydrogen-bond acceptors (Lipinski definition) is 3. The molecule has 2 heterocycles. The third-order valence-electron chi connectivity index (χ3n) is 4.77. The van der Waals surface area contributed by atoms with E-state index in [1.54, 1.807) is 0 Å². The predicted octanol–water partition coefficient (Wildman–Crippen LogP) is 4.36. The van der Waals surface area contributed by atoms with Gasteiger partial charge in [0.25, 0.3) is 0 Å². The summed E-state index contributed by atoms with van der Waals surface area (Å²) in [7, 11) is 0. The van der Waals surface area contributed by atoms with Crippen LogP contribution >= 0.6 is 0 Å². The topological polar surface area (TPSA) is 24.8 Å². The minimum absolute atomic E-state index is 0.269. The maximum absolute atomic E-state index is 6.29. The fraction of sp³-hybridized carbons (Fsp3) is 0.316. The van der Waals surface area contributed by atoms with E-state index < -0.39 is 0 Å². The molecule has 0 spiro atoms. The van der Waals surface area contributed by atoms with Gasteiger partial charge in [0.05, 0.1) is 11.8 Å². The van der Waals surface area contributed by atoms with Crippen LogP contribution in [0.3, 0.4) is 0 Å². The van der Waals surface area contributed by atoms with E-state index in [4.69, 9.17) is 9.84 Å². The highest BCUT2D eigenvalue weighted by Crippen LogP contribution is 2.47. The summed E-state index contributed by atoms with van der Waals surface area (Å²) in [5, 5.41) is 7.09. The van der Waals surface area contributed by atoms with Crippen LogP contribution in [0.2, 0.25) is 0 Å². The number of hydrazone groups is 1. The molecule has 3 heteroatoms. The first-order chi connectivity index (χ1) is 10.7. The van der Waals surface area contributed by atoms with Crippen LogP contribution in [0.25, 0.3) is 0 Å². The number of nitrogens with zero attached hydrogens (tertiary/aromatic N) is 2. The Morgan fingerprint density at radius 2 is 1.86 bits per heavy atom. The van der Waals surface area contributed by atoms with Gasteiger partial charge in [-0.2, -0.15) is 5.10 Å². The van der Waals surface area contributed by atoms with E-state index in [0.29, 0.717) is 0 Å². The molecule has 2 aromatic rings. The van der Waals surface area contributed by atoms with Crippen LogP contribution in [0, 0.1) is 0 Å². The fourth-order valence-corrected chi connectivity index (χ4v) is 3.36. The number of para-hydroxylation sites is 1. The lowest BCUT2D eigenvalue weighted by atomic mass is 9.94. The zero-order chi connectivity index (χ0) is 15.2. The molecule has 2 atom stereocenters. The molecule has 0 aliphatic carbocycles. The van der Waals surface area contributed by atoms with Gasteiger partial charge in [0.1, 0.15) is 5.75 Å². The summed E-state index contributed by atoms with van der Waals surface area (Å²) >= 11 is 0. The van der Waals surface area contributed by atoms with E-state index in [-0.39, 0.29) is 11.8 Å². The SMILES string of the molecule is CC[C@@]1(C)Oc2ccccc2[C@@H]2CC(c3ccccc3)=NN21. The second-order valence-electron chi connectivity index (χ2n) is 6.15. The molecule has 22 heavy (non-hydrogen) atoms.